The Bertz CT molecular complexity index is 650. The Morgan fingerprint density at radius 2 is 2.21 bits per heavy atom. The lowest BCUT2D eigenvalue weighted by molar-refractivity contribution is 0.529. The number of aryl methyl sites for hydroxylation is 1. The van der Waals surface area contributed by atoms with Gasteiger partial charge in [-0.15, -0.1) is 5.10 Å². The van der Waals surface area contributed by atoms with E-state index in [9.17, 15) is 0 Å². The molecule has 0 aliphatic carbocycles. The van der Waals surface area contributed by atoms with Crippen LogP contribution in [0.3, 0.4) is 0 Å². The van der Waals surface area contributed by atoms with Crippen LogP contribution in [0.15, 0.2) is 30.5 Å². The quantitative estimate of drug-likeness (QED) is 0.743. The van der Waals surface area contributed by atoms with Crippen LogP contribution in [-0.2, 0) is 13.6 Å². The Morgan fingerprint density at radius 3 is 2.95 bits per heavy atom. The number of para-hydroxylation sites is 2. The Kier molecular flexibility index (Phi) is 3.00. The van der Waals surface area contributed by atoms with Crippen molar-refractivity contribution >= 4 is 11.0 Å². The highest BCUT2D eigenvalue weighted by molar-refractivity contribution is 5.74. The van der Waals surface area contributed by atoms with E-state index >= 15 is 0 Å². The van der Waals surface area contributed by atoms with Crippen molar-refractivity contribution in [3.8, 4) is 0 Å². The summed E-state index contributed by atoms with van der Waals surface area (Å²) in [5, 5.41) is 11.2. The van der Waals surface area contributed by atoms with E-state index in [0.717, 1.165) is 22.6 Å². The van der Waals surface area contributed by atoms with Gasteiger partial charge < -0.3 is 10.3 Å². The van der Waals surface area contributed by atoms with Gasteiger partial charge in [-0.25, -0.2) is 4.98 Å². The molecule has 0 bridgehead atoms. The monoisotopic (exact) mass is 256 g/mol. The molecule has 0 fully saturated rings. The van der Waals surface area contributed by atoms with Crippen LogP contribution >= 0.6 is 0 Å². The van der Waals surface area contributed by atoms with Crippen molar-refractivity contribution in [2.24, 2.45) is 7.05 Å². The second-order valence-corrected chi connectivity index (χ2v) is 4.59. The zero-order valence-electron chi connectivity index (χ0n) is 11.0. The van der Waals surface area contributed by atoms with Crippen LogP contribution in [-0.4, -0.2) is 25.0 Å². The minimum absolute atomic E-state index is 0.141. The number of rotatable bonds is 4. The van der Waals surface area contributed by atoms with Gasteiger partial charge in [0.25, 0.3) is 0 Å². The largest absolute Gasteiger partial charge is 0.341 e. The smallest absolute Gasteiger partial charge is 0.124 e. The standard InChI is InChI=1S/C13H16N6/c1-9(14-7-10-8-15-18-19(10)2)13-16-11-5-3-4-6-12(11)17-13/h3-6,8-9,14H,7H2,1-2H3,(H,16,17). The number of benzene rings is 1. The van der Waals surface area contributed by atoms with Gasteiger partial charge in [0.05, 0.1) is 29.0 Å². The molecular formula is C13H16N6. The lowest BCUT2D eigenvalue weighted by Gasteiger charge is -2.10. The van der Waals surface area contributed by atoms with Crippen LogP contribution in [0.5, 0.6) is 0 Å². The van der Waals surface area contributed by atoms with E-state index in [4.69, 9.17) is 0 Å². The first-order valence-corrected chi connectivity index (χ1v) is 6.25. The van der Waals surface area contributed by atoms with Crippen molar-refractivity contribution in [1.29, 1.82) is 0 Å². The summed E-state index contributed by atoms with van der Waals surface area (Å²) in [6.07, 6.45) is 1.76. The number of aromatic amines is 1. The third kappa shape index (κ3) is 2.34. The lowest BCUT2D eigenvalue weighted by Crippen LogP contribution is -2.20. The van der Waals surface area contributed by atoms with Gasteiger partial charge in [-0.1, -0.05) is 17.3 Å². The summed E-state index contributed by atoms with van der Waals surface area (Å²) in [5.74, 6) is 0.941. The molecule has 0 spiro atoms. The van der Waals surface area contributed by atoms with Gasteiger partial charge >= 0.3 is 0 Å². The predicted molar refractivity (Wildman–Crippen MR) is 72.4 cm³/mol. The third-order valence-corrected chi connectivity index (χ3v) is 3.22. The molecule has 1 unspecified atom stereocenters. The second kappa shape index (κ2) is 4.81. The maximum Gasteiger partial charge on any atom is 0.124 e. The SMILES string of the molecule is CC(NCc1cnnn1C)c1nc2ccccc2[nH]1. The van der Waals surface area contributed by atoms with Crippen LogP contribution in [0.4, 0.5) is 0 Å². The molecule has 2 N–H and O–H groups in total. The molecule has 0 amide bonds. The molecule has 2 heterocycles. The Labute approximate surface area is 110 Å². The zero-order valence-corrected chi connectivity index (χ0v) is 11.0. The summed E-state index contributed by atoms with van der Waals surface area (Å²) in [6, 6.07) is 8.18. The van der Waals surface area contributed by atoms with Crippen molar-refractivity contribution < 1.29 is 0 Å². The van der Waals surface area contributed by atoms with Crippen LogP contribution in [0, 0.1) is 0 Å². The highest BCUT2D eigenvalue weighted by Crippen LogP contribution is 2.15. The fourth-order valence-corrected chi connectivity index (χ4v) is 2.00. The number of aromatic nitrogens is 5. The van der Waals surface area contributed by atoms with Crippen molar-refractivity contribution in [3.63, 3.8) is 0 Å². The summed E-state index contributed by atoms with van der Waals surface area (Å²) >= 11 is 0. The molecule has 0 saturated heterocycles. The maximum absolute atomic E-state index is 4.58. The van der Waals surface area contributed by atoms with Gasteiger partial charge in [0.1, 0.15) is 5.82 Å². The minimum Gasteiger partial charge on any atom is -0.341 e. The fraction of sp³-hybridized carbons (Fsp3) is 0.308. The number of fused-ring (bicyclic) bond motifs is 1. The molecule has 98 valence electrons. The van der Waals surface area contributed by atoms with Gasteiger partial charge in [0.15, 0.2) is 0 Å². The van der Waals surface area contributed by atoms with Gasteiger partial charge in [-0.05, 0) is 19.1 Å². The molecule has 0 radical (unpaired) electrons. The molecular weight excluding hydrogens is 240 g/mol. The lowest BCUT2D eigenvalue weighted by atomic mass is 10.3. The van der Waals surface area contributed by atoms with Crippen LogP contribution in [0.25, 0.3) is 11.0 Å². The molecule has 1 aromatic carbocycles. The molecule has 19 heavy (non-hydrogen) atoms. The van der Waals surface area contributed by atoms with E-state index in [1.54, 1.807) is 10.9 Å². The summed E-state index contributed by atoms with van der Waals surface area (Å²) < 4.78 is 1.76. The van der Waals surface area contributed by atoms with E-state index in [-0.39, 0.29) is 6.04 Å². The van der Waals surface area contributed by atoms with E-state index in [0.29, 0.717) is 6.54 Å². The molecule has 6 nitrogen and oxygen atoms in total. The number of nitrogens with zero attached hydrogens (tertiary/aromatic N) is 4. The molecule has 2 aromatic heterocycles. The first kappa shape index (κ1) is 11.9. The number of imidazole rings is 1. The average molecular weight is 256 g/mol. The number of nitrogens with one attached hydrogen (secondary N) is 2. The first-order valence-electron chi connectivity index (χ1n) is 6.25. The molecule has 0 aliphatic heterocycles. The van der Waals surface area contributed by atoms with E-state index in [1.165, 1.54) is 0 Å². The number of H-pyrrole nitrogens is 1. The highest BCUT2D eigenvalue weighted by atomic mass is 15.4. The minimum atomic E-state index is 0.141. The second-order valence-electron chi connectivity index (χ2n) is 4.59. The molecule has 3 rings (SSSR count). The highest BCUT2D eigenvalue weighted by Gasteiger charge is 2.10. The molecule has 6 heteroatoms. The van der Waals surface area contributed by atoms with Crippen molar-refractivity contribution in [3.05, 3.63) is 42.0 Å². The molecule has 3 aromatic rings. The van der Waals surface area contributed by atoms with Gasteiger partial charge in [-0.2, -0.15) is 0 Å². The molecule has 0 aliphatic rings. The van der Waals surface area contributed by atoms with E-state index < -0.39 is 0 Å². The van der Waals surface area contributed by atoms with E-state index in [1.807, 2.05) is 31.3 Å². The molecule has 1 atom stereocenters. The zero-order chi connectivity index (χ0) is 13.2. The topological polar surface area (TPSA) is 71.4 Å². The van der Waals surface area contributed by atoms with Crippen LogP contribution < -0.4 is 5.32 Å². The normalized spacial score (nSPS) is 12.9. The van der Waals surface area contributed by atoms with Crippen molar-refractivity contribution in [2.75, 3.05) is 0 Å². The fourth-order valence-electron chi connectivity index (χ4n) is 2.00. The van der Waals surface area contributed by atoms with E-state index in [2.05, 4.69) is 32.5 Å². The number of hydrogen-bond donors (Lipinski definition) is 2. The Morgan fingerprint density at radius 1 is 1.37 bits per heavy atom. The summed E-state index contributed by atoms with van der Waals surface area (Å²) in [5.41, 5.74) is 3.10. The third-order valence-electron chi connectivity index (χ3n) is 3.22. The van der Waals surface area contributed by atoms with Crippen LogP contribution in [0.1, 0.15) is 24.5 Å². The van der Waals surface area contributed by atoms with Crippen molar-refractivity contribution in [2.45, 2.75) is 19.5 Å². The van der Waals surface area contributed by atoms with Crippen LogP contribution in [0.2, 0.25) is 0 Å². The van der Waals surface area contributed by atoms with Gasteiger partial charge in [-0.3, -0.25) is 4.68 Å². The Hall–Kier alpha value is -2.21. The van der Waals surface area contributed by atoms with Gasteiger partial charge in [0, 0.05) is 13.6 Å². The summed E-state index contributed by atoms with van der Waals surface area (Å²) in [4.78, 5) is 7.91. The Balaban J connectivity index is 1.73. The molecule has 0 saturated carbocycles. The van der Waals surface area contributed by atoms with Gasteiger partial charge in [0.2, 0.25) is 0 Å². The summed E-state index contributed by atoms with van der Waals surface area (Å²) in [7, 11) is 1.88. The number of hydrogen-bond acceptors (Lipinski definition) is 4. The average Bonchev–Trinajstić information content (AvgIpc) is 3.01. The summed E-state index contributed by atoms with van der Waals surface area (Å²) in [6.45, 7) is 2.79. The van der Waals surface area contributed by atoms with Crippen molar-refractivity contribution in [1.82, 2.24) is 30.3 Å². The predicted octanol–water partition coefficient (Wildman–Crippen LogP) is 1.54. The first-order chi connectivity index (χ1) is 9.24. The maximum atomic E-state index is 4.58.